The highest BCUT2D eigenvalue weighted by Crippen LogP contribution is 2.18. The Labute approximate surface area is 148 Å². The fraction of sp³-hybridized carbons (Fsp3) is 0.278. The summed E-state index contributed by atoms with van der Waals surface area (Å²) in [7, 11) is -1.79. The molecule has 134 valence electrons. The van der Waals surface area contributed by atoms with Gasteiger partial charge in [-0.15, -0.1) is 0 Å². The van der Waals surface area contributed by atoms with E-state index in [9.17, 15) is 13.2 Å². The molecule has 25 heavy (non-hydrogen) atoms. The average molecular weight is 362 g/mol. The Balaban J connectivity index is 2.02. The van der Waals surface area contributed by atoms with Crippen LogP contribution in [0.15, 0.2) is 48.5 Å². The third-order valence-corrected chi connectivity index (χ3v) is 4.89. The highest BCUT2D eigenvalue weighted by Gasteiger charge is 2.11. The molecule has 2 N–H and O–H groups in total. The van der Waals surface area contributed by atoms with E-state index in [0.717, 1.165) is 6.42 Å². The van der Waals surface area contributed by atoms with Crippen LogP contribution in [0, 0.1) is 0 Å². The molecule has 2 aromatic carbocycles. The Hall–Kier alpha value is -2.54. The van der Waals surface area contributed by atoms with E-state index < -0.39 is 10.0 Å². The molecule has 1 amide bonds. The number of hydrogen-bond acceptors (Lipinski definition) is 4. The van der Waals surface area contributed by atoms with E-state index in [-0.39, 0.29) is 11.7 Å². The number of unbranched alkanes of at least 4 members (excludes halogenated alkanes) is 1. The molecule has 0 saturated heterocycles. The minimum absolute atomic E-state index is 0.0849. The highest BCUT2D eigenvalue weighted by atomic mass is 32.2. The van der Waals surface area contributed by atoms with Crippen molar-refractivity contribution < 1.29 is 17.9 Å². The second kappa shape index (κ2) is 8.53. The molecule has 0 saturated carbocycles. The molecule has 0 radical (unpaired) electrons. The summed E-state index contributed by atoms with van der Waals surface area (Å²) in [6, 6.07) is 13.3. The minimum atomic E-state index is -3.35. The van der Waals surface area contributed by atoms with E-state index >= 15 is 0 Å². The second-order valence-electron chi connectivity index (χ2n) is 5.54. The Morgan fingerprint density at radius 1 is 1.08 bits per heavy atom. The van der Waals surface area contributed by atoms with Crippen LogP contribution in [0.25, 0.3) is 0 Å². The zero-order chi connectivity index (χ0) is 18.3. The van der Waals surface area contributed by atoms with Crippen molar-refractivity contribution in [3.05, 3.63) is 54.1 Å². The van der Waals surface area contributed by atoms with Gasteiger partial charge in [0.1, 0.15) is 5.75 Å². The van der Waals surface area contributed by atoms with Gasteiger partial charge in [0.15, 0.2) is 0 Å². The van der Waals surface area contributed by atoms with Crippen molar-refractivity contribution in [3.8, 4) is 5.75 Å². The number of sulfonamides is 1. The molecule has 0 spiro atoms. The van der Waals surface area contributed by atoms with Crippen molar-refractivity contribution in [2.45, 2.75) is 19.8 Å². The van der Waals surface area contributed by atoms with Crippen molar-refractivity contribution >= 4 is 27.3 Å². The maximum Gasteiger partial charge on any atom is 0.255 e. The minimum Gasteiger partial charge on any atom is -0.497 e. The van der Waals surface area contributed by atoms with E-state index in [2.05, 4.69) is 10.0 Å². The van der Waals surface area contributed by atoms with Gasteiger partial charge in [-0.25, -0.2) is 8.42 Å². The van der Waals surface area contributed by atoms with Crippen LogP contribution in [-0.4, -0.2) is 27.2 Å². The number of carbonyl (C=O) groups excluding carboxylic acids is 1. The highest BCUT2D eigenvalue weighted by molar-refractivity contribution is 7.92. The van der Waals surface area contributed by atoms with Gasteiger partial charge in [0.2, 0.25) is 10.0 Å². The molecule has 0 aromatic heterocycles. The normalized spacial score (nSPS) is 11.0. The average Bonchev–Trinajstić information content (AvgIpc) is 2.60. The summed E-state index contributed by atoms with van der Waals surface area (Å²) in [5, 5.41) is 2.77. The molecule has 0 heterocycles. The van der Waals surface area contributed by atoms with Crippen LogP contribution in [0.3, 0.4) is 0 Å². The van der Waals surface area contributed by atoms with Crippen LogP contribution in [0.2, 0.25) is 0 Å². The van der Waals surface area contributed by atoms with Gasteiger partial charge in [0.25, 0.3) is 5.91 Å². The monoisotopic (exact) mass is 362 g/mol. The summed E-state index contributed by atoms with van der Waals surface area (Å²) < 4.78 is 31.4. The second-order valence-corrected chi connectivity index (χ2v) is 7.38. The summed E-state index contributed by atoms with van der Waals surface area (Å²) in [6.45, 7) is 1.94. The van der Waals surface area contributed by atoms with Crippen molar-refractivity contribution in [2.75, 3.05) is 22.9 Å². The molecule has 0 fully saturated rings. The molecule has 6 nitrogen and oxygen atoms in total. The lowest BCUT2D eigenvalue weighted by molar-refractivity contribution is 0.102. The number of methoxy groups -OCH3 is 1. The predicted molar refractivity (Wildman–Crippen MR) is 99.7 cm³/mol. The number of carbonyl (C=O) groups is 1. The first-order chi connectivity index (χ1) is 11.9. The van der Waals surface area contributed by atoms with Gasteiger partial charge in [-0.2, -0.15) is 0 Å². The van der Waals surface area contributed by atoms with Crippen LogP contribution < -0.4 is 14.8 Å². The third-order valence-electron chi connectivity index (χ3n) is 3.51. The SMILES string of the molecule is CCCCS(=O)(=O)Nc1ccc(C(=O)Nc2cccc(OC)c2)cc1. The van der Waals surface area contributed by atoms with Crippen molar-refractivity contribution in [2.24, 2.45) is 0 Å². The van der Waals surface area contributed by atoms with Gasteiger partial charge >= 0.3 is 0 Å². The molecule has 0 atom stereocenters. The van der Waals surface area contributed by atoms with Crippen LogP contribution in [-0.2, 0) is 10.0 Å². The fourth-order valence-corrected chi connectivity index (χ4v) is 3.42. The Morgan fingerprint density at radius 3 is 2.44 bits per heavy atom. The first-order valence-corrected chi connectivity index (χ1v) is 9.64. The Kier molecular flexibility index (Phi) is 6.41. The number of ether oxygens (including phenoxy) is 1. The molecule has 2 rings (SSSR count). The van der Waals surface area contributed by atoms with E-state index in [1.807, 2.05) is 6.92 Å². The van der Waals surface area contributed by atoms with E-state index in [0.29, 0.717) is 29.1 Å². The molecule has 7 heteroatoms. The first-order valence-electron chi connectivity index (χ1n) is 7.99. The largest absolute Gasteiger partial charge is 0.497 e. The predicted octanol–water partition coefficient (Wildman–Crippen LogP) is 3.49. The maximum absolute atomic E-state index is 12.3. The number of hydrogen-bond donors (Lipinski definition) is 2. The zero-order valence-corrected chi connectivity index (χ0v) is 15.1. The summed E-state index contributed by atoms with van der Waals surface area (Å²) in [5.74, 6) is 0.449. The van der Waals surface area contributed by atoms with Crippen molar-refractivity contribution in [3.63, 3.8) is 0 Å². The zero-order valence-electron chi connectivity index (χ0n) is 14.3. The lowest BCUT2D eigenvalue weighted by Crippen LogP contribution is -2.17. The lowest BCUT2D eigenvalue weighted by Gasteiger charge is -2.09. The maximum atomic E-state index is 12.3. The summed E-state index contributed by atoms with van der Waals surface area (Å²) >= 11 is 0. The molecular weight excluding hydrogens is 340 g/mol. The van der Waals surface area contributed by atoms with Gasteiger partial charge in [-0.3, -0.25) is 9.52 Å². The standard InChI is InChI=1S/C18H22N2O4S/c1-3-4-12-25(22,23)20-15-10-8-14(9-11-15)18(21)19-16-6-5-7-17(13-16)24-2/h5-11,13,20H,3-4,12H2,1-2H3,(H,19,21). The number of nitrogens with one attached hydrogen (secondary N) is 2. The Bertz CT molecular complexity index is 817. The van der Waals surface area contributed by atoms with Crippen LogP contribution in [0.1, 0.15) is 30.1 Å². The number of benzene rings is 2. The topological polar surface area (TPSA) is 84.5 Å². The molecule has 0 bridgehead atoms. The first kappa shape index (κ1) is 18.8. The summed E-state index contributed by atoms with van der Waals surface area (Å²) in [4.78, 5) is 12.3. The van der Waals surface area contributed by atoms with Crippen molar-refractivity contribution in [1.29, 1.82) is 0 Å². The Morgan fingerprint density at radius 2 is 1.80 bits per heavy atom. The van der Waals surface area contributed by atoms with E-state index in [1.165, 1.54) is 0 Å². The van der Waals surface area contributed by atoms with Crippen molar-refractivity contribution in [1.82, 2.24) is 0 Å². The fourth-order valence-electron chi connectivity index (χ4n) is 2.16. The van der Waals surface area contributed by atoms with Gasteiger partial charge in [-0.1, -0.05) is 19.4 Å². The quantitative estimate of drug-likeness (QED) is 0.753. The number of rotatable bonds is 8. The number of amides is 1. The van der Waals surface area contributed by atoms with E-state index in [4.69, 9.17) is 4.74 Å². The smallest absolute Gasteiger partial charge is 0.255 e. The third kappa shape index (κ3) is 5.79. The van der Waals surface area contributed by atoms with Gasteiger partial charge in [0, 0.05) is 23.0 Å². The van der Waals surface area contributed by atoms with Gasteiger partial charge in [0.05, 0.1) is 12.9 Å². The molecular formula is C18H22N2O4S. The number of anilines is 2. The molecule has 0 aliphatic rings. The summed E-state index contributed by atoms with van der Waals surface area (Å²) in [5.41, 5.74) is 1.49. The van der Waals surface area contributed by atoms with Crippen LogP contribution >= 0.6 is 0 Å². The van der Waals surface area contributed by atoms with Gasteiger partial charge in [-0.05, 0) is 42.8 Å². The molecule has 0 aliphatic carbocycles. The van der Waals surface area contributed by atoms with Crippen LogP contribution in [0.5, 0.6) is 5.75 Å². The molecule has 0 aliphatic heterocycles. The van der Waals surface area contributed by atoms with Gasteiger partial charge < -0.3 is 10.1 Å². The lowest BCUT2D eigenvalue weighted by atomic mass is 10.2. The summed E-state index contributed by atoms with van der Waals surface area (Å²) in [6.07, 6.45) is 1.42. The van der Waals surface area contributed by atoms with Crippen LogP contribution in [0.4, 0.5) is 11.4 Å². The van der Waals surface area contributed by atoms with E-state index in [1.54, 1.807) is 55.6 Å². The molecule has 2 aromatic rings. The molecule has 0 unspecified atom stereocenters.